The molecular weight excluding hydrogens is 268 g/mol. The Morgan fingerprint density at radius 2 is 2.11 bits per heavy atom. The van der Waals surface area contributed by atoms with Crippen molar-refractivity contribution in [1.82, 2.24) is 10.2 Å². The third-order valence-corrected chi connectivity index (χ3v) is 3.18. The van der Waals surface area contributed by atoms with Crippen molar-refractivity contribution < 1.29 is 19.5 Å². The minimum absolute atomic E-state index is 0.0799. The zero-order chi connectivity index (χ0) is 14.3. The molecule has 2 amide bonds. The predicted octanol–water partition coefficient (Wildman–Crippen LogP) is 0.801. The van der Waals surface area contributed by atoms with Crippen LogP contribution in [0.3, 0.4) is 0 Å². The van der Waals surface area contributed by atoms with E-state index in [4.69, 9.17) is 5.11 Å². The fraction of sp³-hybridized carbons (Fsp3) is 0.417. The first-order valence-corrected chi connectivity index (χ1v) is 6.71. The van der Waals surface area contributed by atoms with Crippen LogP contribution in [0.5, 0.6) is 0 Å². The number of nitrogens with zero attached hydrogens (tertiary/aromatic N) is 1. The zero-order valence-corrected chi connectivity index (χ0v) is 11.4. The lowest BCUT2D eigenvalue weighted by molar-refractivity contribution is -0.138. The monoisotopic (exact) mass is 284 g/mol. The van der Waals surface area contributed by atoms with Crippen LogP contribution in [0.4, 0.5) is 0 Å². The summed E-state index contributed by atoms with van der Waals surface area (Å²) in [5.41, 5.74) is 0.580. The van der Waals surface area contributed by atoms with Gasteiger partial charge in [0, 0.05) is 37.5 Å². The number of carboxylic acids is 1. The number of aliphatic carboxylic acids is 1. The summed E-state index contributed by atoms with van der Waals surface area (Å²) in [6.45, 7) is 0.414. The summed E-state index contributed by atoms with van der Waals surface area (Å²) in [7, 11) is 1.55. The number of rotatable bonds is 7. The smallest absolute Gasteiger partial charge is 0.305 e. The highest BCUT2D eigenvalue weighted by atomic mass is 32.1. The van der Waals surface area contributed by atoms with Crippen LogP contribution in [0.1, 0.15) is 23.2 Å². The molecule has 0 fully saturated rings. The number of carbonyl (C=O) groups excluding carboxylic acids is 2. The largest absolute Gasteiger partial charge is 0.481 e. The van der Waals surface area contributed by atoms with Gasteiger partial charge in [0.05, 0.1) is 6.42 Å². The topological polar surface area (TPSA) is 86.7 Å². The first-order valence-electron chi connectivity index (χ1n) is 5.77. The average molecular weight is 284 g/mol. The molecule has 0 spiro atoms. The van der Waals surface area contributed by atoms with Gasteiger partial charge in [-0.25, -0.2) is 0 Å². The molecule has 0 unspecified atom stereocenters. The number of nitrogens with one attached hydrogen (secondary N) is 1. The van der Waals surface area contributed by atoms with Gasteiger partial charge < -0.3 is 15.3 Å². The highest BCUT2D eigenvalue weighted by molar-refractivity contribution is 7.08. The maximum atomic E-state index is 11.6. The van der Waals surface area contributed by atoms with Gasteiger partial charge in [0.15, 0.2) is 0 Å². The van der Waals surface area contributed by atoms with Crippen molar-refractivity contribution in [3.05, 3.63) is 22.4 Å². The maximum absolute atomic E-state index is 11.6. The Morgan fingerprint density at radius 3 is 2.68 bits per heavy atom. The SMILES string of the molecule is CN(CCC(=O)O)C(=O)CCNC(=O)c1ccsc1. The highest BCUT2D eigenvalue weighted by Gasteiger charge is 2.11. The van der Waals surface area contributed by atoms with E-state index in [1.165, 1.54) is 16.2 Å². The van der Waals surface area contributed by atoms with Crippen LogP contribution in [0.25, 0.3) is 0 Å². The van der Waals surface area contributed by atoms with E-state index in [1.807, 2.05) is 0 Å². The summed E-state index contributed by atoms with van der Waals surface area (Å²) in [4.78, 5) is 34.9. The van der Waals surface area contributed by atoms with Crippen LogP contribution in [0, 0.1) is 0 Å². The quantitative estimate of drug-likeness (QED) is 0.775. The van der Waals surface area contributed by atoms with Gasteiger partial charge in [-0.2, -0.15) is 11.3 Å². The van der Waals surface area contributed by atoms with E-state index >= 15 is 0 Å². The molecule has 1 aromatic heterocycles. The molecule has 0 atom stereocenters. The molecule has 1 aromatic rings. The minimum atomic E-state index is -0.939. The molecule has 2 N–H and O–H groups in total. The molecular formula is C12H16N2O4S. The van der Waals surface area contributed by atoms with Crippen LogP contribution in [0.2, 0.25) is 0 Å². The summed E-state index contributed by atoms with van der Waals surface area (Å²) in [5, 5.41) is 14.7. The number of carboxylic acid groups (broad SMARTS) is 1. The number of carbonyl (C=O) groups is 3. The first-order chi connectivity index (χ1) is 9.00. The molecule has 0 bridgehead atoms. The number of hydrogen-bond acceptors (Lipinski definition) is 4. The summed E-state index contributed by atoms with van der Waals surface area (Å²) < 4.78 is 0. The van der Waals surface area contributed by atoms with E-state index in [9.17, 15) is 14.4 Å². The molecule has 0 saturated heterocycles. The Balaban J connectivity index is 2.23. The van der Waals surface area contributed by atoms with E-state index in [0.717, 1.165) is 0 Å². The lowest BCUT2D eigenvalue weighted by atomic mass is 10.3. The molecule has 0 saturated carbocycles. The Hall–Kier alpha value is -1.89. The van der Waals surface area contributed by atoms with Gasteiger partial charge in [-0.1, -0.05) is 0 Å². The van der Waals surface area contributed by atoms with E-state index in [0.29, 0.717) is 5.56 Å². The molecule has 0 aliphatic rings. The fourth-order valence-corrected chi connectivity index (χ4v) is 1.99. The minimum Gasteiger partial charge on any atom is -0.481 e. The maximum Gasteiger partial charge on any atom is 0.305 e. The molecule has 7 heteroatoms. The standard InChI is InChI=1S/C12H16N2O4S/c1-14(6-3-11(16)17)10(15)2-5-13-12(18)9-4-7-19-8-9/h4,7-8H,2-3,5-6H2,1H3,(H,13,18)(H,16,17). The van der Waals surface area contributed by atoms with Crippen LogP contribution >= 0.6 is 11.3 Å². The molecule has 6 nitrogen and oxygen atoms in total. The Bertz CT molecular complexity index is 445. The van der Waals surface area contributed by atoms with Crippen molar-refractivity contribution in [2.45, 2.75) is 12.8 Å². The van der Waals surface area contributed by atoms with Crippen molar-refractivity contribution in [3.63, 3.8) is 0 Å². The fourth-order valence-electron chi connectivity index (χ4n) is 1.36. The second kappa shape index (κ2) is 7.52. The van der Waals surface area contributed by atoms with Gasteiger partial charge in [-0.05, 0) is 11.4 Å². The number of amides is 2. The van der Waals surface area contributed by atoms with Gasteiger partial charge in [0.1, 0.15) is 0 Å². The van der Waals surface area contributed by atoms with Gasteiger partial charge in [-0.3, -0.25) is 14.4 Å². The molecule has 0 aliphatic heterocycles. The molecule has 1 rings (SSSR count). The van der Waals surface area contributed by atoms with Gasteiger partial charge >= 0.3 is 5.97 Å². The predicted molar refractivity (Wildman–Crippen MR) is 71.2 cm³/mol. The molecule has 0 aromatic carbocycles. The van der Waals surface area contributed by atoms with E-state index in [2.05, 4.69) is 5.32 Å². The molecule has 104 valence electrons. The van der Waals surface area contributed by atoms with Crippen molar-refractivity contribution in [1.29, 1.82) is 0 Å². The third-order valence-electron chi connectivity index (χ3n) is 2.49. The number of hydrogen-bond donors (Lipinski definition) is 2. The lowest BCUT2D eigenvalue weighted by Crippen LogP contribution is -2.33. The van der Waals surface area contributed by atoms with Crippen molar-refractivity contribution in [3.8, 4) is 0 Å². The number of thiophene rings is 1. The summed E-state index contributed by atoms with van der Waals surface area (Å²) >= 11 is 1.43. The molecule has 1 heterocycles. The van der Waals surface area contributed by atoms with Crippen LogP contribution in [0.15, 0.2) is 16.8 Å². The zero-order valence-electron chi connectivity index (χ0n) is 10.6. The van der Waals surface area contributed by atoms with Crippen molar-refractivity contribution in [2.75, 3.05) is 20.1 Å². The molecule has 0 radical (unpaired) electrons. The average Bonchev–Trinajstić information content (AvgIpc) is 2.89. The second-order valence-corrected chi connectivity index (χ2v) is 4.76. The van der Waals surface area contributed by atoms with E-state index in [1.54, 1.807) is 23.9 Å². The van der Waals surface area contributed by atoms with Gasteiger partial charge in [-0.15, -0.1) is 0 Å². The first kappa shape index (κ1) is 15.2. The lowest BCUT2D eigenvalue weighted by Gasteiger charge is -2.15. The third kappa shape index (κ3) is 5.52. The normalized spacial score (nSPS) is 9.95. The highest BCUT2D eigenvalue weighted by Crippen LogP contribution is 2.05. The van der Waals surface area contributed by atoms with E-state index in [-0.39, 0.29) is 37.7 Å². The van der Waals surface area contributed by atoms with Gasteiger partial charge in [0.25, 0.3) is 5.91 Å². The van der Waals surface area contributed by atoms with Crippen LogP contribution in [-0.2, 0) is 9.59 Å². The summed E-state index contributed by atoms with van der Waals surface area (Å²) in [5.74, 6) is -1.33. The molecule has 0 aliphatic carbocycles. The Labute approximate surface area is 115 Å². The van der Waals surface area contributed by atoms with Crippen molar-refractivity contribution >= 4 is 29.1 Å². The summed E-state index contributed by atoms with van der Waals surface area (Å²) in [6.07, 6.45) is 0.0789. The summed E-state index contributed by atoms with van der Waals surface area (Å²) in [6, 6.07) is 1.71. The Kier molecular flexibility index (Phi) is 6.01. The second-order valence-electron chi connectivity index (χ2n) is 3.98. The Morgan fingerprint density at radius 1 is 1.37 bits per heavy atom. The van der Waals surface area contributed by atoms with Crippen LogP contribution in [-0.4, -0.2) is 47.9 Å². The van der Waals surface area contributed by atoms with Gasteiger partial charge in [0.2, 0.25) is 5.91 Å². The van der Waals surface area contributed by atoms with Crippen molar-refractivity contribution in [2.24, 2.45) is 0 Å². The van der Waals surface area contributed by atoms with E-state index < -0.39 is 5.97 Å². The molecule has 19 heavy (non-hydrogen) atoms. The van der Waals surface area contributed by atoms with Crippen LogP contribution < -0.4 is 5.32 Å².